The molecule has 6 heteroatoms. The lowest BCUT2D eigenvalue weighted by atomic mass is 9.95. The maximum absolute atomic E-state index is 6.47. The normalized spacial score (nSPS) is 11.4. The number of ether oxygens (including phenoxy) is 1. The third-order valence-corrected chi connectivity index (χ3v) is 9.00. The molecule has 0 aliphatic carbocycles. The summed E-state index contributed by atoms with van der Waals surface area (Å²) in [7, 11) is 0. The molecule has 0 unspecified atom stereocenters. The van der Waals surface area contributed by atoms with Gasteiger partial charge in [-0.1, -0.05) is 133 Å². The highest BCUT2D eigenvalue weighted by Crippen LogP contribution is 2.42. The molecule has 2 aromatic heterocycles. The second kappa shape index (κ2) is 12.3. The Morgan fingerprint density at radius 1 is 0.500 bits per heavy atom. The van der Waals surface area contributed by atoms with Crippen LogP contribution in [-0.4, -0.2) is 15.0 Å². The van der Waals surface area contributed by atoms with Crippen LogP contribution in [0.3, 0.4) is 0 Å². The van der Waals surface area contributed by atoms with Crippen LogP contribution < -0.4 is 10.5 Å². The fraction of sp³-hybridized carbons (Fsp3) is 0.0227. The lowest BCUT2D eigenvalue weighted by Crippen LogP contribution is -2.01. The van der Waals surface area contributed by atoms with Crippen molar-refractivity contribution < 1.29 is 9.15 Å². The van der Waals surface area contributed by atoms with Gasteiger partial charge < -0.3 is 14.9 Å². The number of hydrogen-bond donors (Lipinski definition) is 1. The van der Waals surface area contributed by atoms with Crippen LogP contribution in [0.2, 0.25) is 0 Å². The van der Waals surface area contributed by atoms with E-state index in [9.17, 15) is 0 Å². The Balaban J connectivity index is 1.21. The number of anilines is 1. The summed E-state index contributed by atoms with van der Waals surface area (Å²) in [5.74, 6) is 2.41. The summed E-state index contributed by atoms with van der Waals surface area (Å²) >= 11 is 0. The minimum absolute atomic E-state index is 0.407. The zero-order valence-electron chi connectivity index (χ0n) is 27.0. The molecule has 0 spiro atoms. The summed E-state index contributed by atoms with van der Waals surface area (Å²) in [5.41, 5.74) is 14.2. The van der Waals surface area contributed by atoms with Crippen LogP contribution in [0, 0.1) is 0 Å². The molecule has 50 heavy (non-hydrogen) atoms. The lowest BCUT2D eigenvalue weighted by Gasteiger charge is -2.13. The van der Waals surface area contributed by atoms with E-state index in [-0.39, 0.29) is 0 Å². The SMILES string of the molecule is Nc1cc2oc3cccc(-c4ccccc4-c4nc(-c5ccccc5)nc(-c5ccc6ccccc6c5)n4)c3c2cc1OCc1ccccc1. The highest BCUT2D eigenvalue weighted by molar-refractivity contribution is 6.14. The zero-order valence-corrected chi connectivity index (χ0v) is 27.0. The van der Waals surface area contributed by atoms with Gasteiger partial charge in [0.15, 0.2) is 17.5 Å². The molecule has 9 rings (SSSR count). The average molecular weight is 647 g/mol. The molecule has 0 saturated heterocycles. The first kappa shape index (κ1) is 29.4. The van der Waals surface area contributed by atoms with Gasteiger partial charge in [0.1, 0.15) is 23.5 Å². The molecule has 0 radical (unpaired) electrons. The van der Waals surface area contributed by atoms with Crippen molar-refractivity contribution in [3.8, 4) is 51.0 Å². The van der Waals surface area contributed by atoms with E-state index < -0.39 is 0 Å². The second-order valence-corrected chi connectivity index (χ2v) is 12.2. The van der Waals surface area contributed by atoms with Crippen molar-refractivity contribution in [3.05, 3.63) is 163 Å². The van der Waals surface area contributed by atoms with E-state index in [1.807, 2.05) is 109 Å². The standard InChI is InChI=1S/C44H30N4O2/c45-37-26-39-36(25-40(37)49-27-28-12-3-1-4-13-28)41-34(20-11-21-38(41)50-39)33-18-9-10-19-35(33)44-47-42(30-15-5-2-6-16-30)46-43(48-44)32-23-22-29-14-7-8-17-31(29)24-32/h1-26H,27,45H2. The fourth-order valence-corrected chi connectivity index (χ4v) is 6.54. The predicted octanol–water partition coefficient (Wildman–Crippen LogP) is 10.8. The molecule has 0 aliphatic rings. The van der Waals surface area contributed by atoms with Crippen molar-refractivity contribution in [1.82, 2.24) is 15.0 Å². The van der Waals surface area contributed by atoms with Crippen molar-refractivity contribution in [2.24, 2.45) is 0 Å². The molecular formula is C44H30N4O2. The van der Waals surface area contributed by atoms with Gasteiger partial charge >= 0.3 is 0 Å². The van der Waals surface area contributed by atoms with Crippen LogP contribution in [0.4, 0.5) is 5.69 Å². The van der Waals surface area contributed by atoms with Gasteiger partial charge in [0.25, 0.3) is 0 Å². The summed E-state index contributed by atoms with van der Waals surface area (Å²) in [6.45, 7) is 0.407. The van der Waals surface area contributed by atoms with Crippen LogP contribution in [0.15, 0.2) is 162 Å². The summed E-state index contributed by atoms with van der Waals surface area (Å²) in [6.07, 6.45) is 0. The largest absolute Gasteiger partial charge is 0.487 e. The summed E-state index contributed by atoms with van der Waals surface area (Å²) in [5, 5.41) is 4.17. The topological polar surface area (TPSA) is 87.1 Å². The third kappa shape index (κ3) is 5.39. The van der Waals surface area contributed by atoms with E-state index >= 15 is 0 Å². The van der Waals surface area contributed by atoms with Crippen LogP contribution >= 0.6 is 0 Å². The molecule has 6 nitrogen and oxygen atoms in total. The minimum Gasteiger partial charge on any atom is -0.487 e. The highest BCUT2D eigenvalue weighted by Gasteiger charge is 2.20. The van der Waals surface area contributed by atoms with Gasteiger partial charge in [-0.2, -0.15) is 0 Å². The summed E-state index contributed by atoms with van der Waals surface area (Å²) < 4.78 is 12.6. The van der Waals surface area contributed by atoms with Gasteiger partial charge in [0, 0.05) is 33.5 Å². The molecule has 2 N–H and O–H groups in total. The molecule has 0 saturated carbocycles. The first-order valence-corrected chi connectivity index (χ1v) is 16.5. The Hall–Kier alpha value is -6.79. The quantitative estimate of drug-likeness (QED) is 0.173. The number of aromatic nitrogens is 3. The molecular weight excluding hydrogens is 617 g/mol. The number of nitrogen functional groups attached to an aromatic ring is 1. The van der Waals surface area contributed by atoms with Gasteiger partial charge in [-0.3, -0.25) is 0 Å². The number of hydrogen-bond acceptors (Lipinski definition) is 6. The number of nitrogens with zero attached hydrogens (tertiary/aromatic N) is 3. The number of rotatable bonds is 7. The molecule has 0 fully saturated rings. The van der Waals surface area contributed by atoms with Crippen LogP contribution in [-0.2, 0) is 6.61 Å². The highest BCUT2D eigenvalue weighted by atomic mass is 16.5. The molecule has 0 bridgehead atoms. The van der Waals surface area contributed by atoms with Gasteiger partial charge in [-0.25, -0.2) is 15.0 Å². The van der Waals surface area contributed by atoms with Gasteiger partial charge in [-0.15, -0.1) is 0 Å². The maximum Gasteiger partial charge on any atom is 0.164 e. The van der Waals surface area contributed by atoms with E-state index in [2.05, 4.69) is 48.5 Å². The van der Waals surface area contributed by atoms with Crippen LogP contribution in [0.25, 0.3) is 78.0 Å². The van der Waals surface area contributed by atoms with Crippen molar-refractivity contribution in [1.29, 1.82) is 0 Å². The average Bonchev–Trinajstić information content (AvgIpc) is 3.54. The Labute approximate surface area is 288 Å². The monoisotopic (exact) mass is 646 g/mol. The number of nitrogens with two attached hydrogens (primary N) is 1. The number of furan rings is 1. The molecule has 9 aromatic rings. The molecule has 0 aliphatic heterocycles. The zero-order chi connectivity index (χ0) is 33.4. The Morgan fingerprint density at radius 2 is 1.16 bits per heavy atom. The number of fused-ring (bicyclic) bond motifs is 4. The molecule has 7 aromatic carbocycles. The van der Waals surface area contributed by atoms with Crippen molar-refractivity contribution in [2.75, 3.05) is 5.73 Å². The van der Waals surface area contributed by atoms with Crippen LogP contribution in [0.1, 0.15) is 5.56 Å². The van der Waals surface area contributed by atoms with Crippen LogP contribution in [0.5, 0.6) is 5.75 Å². The lowest BCUT2D eigenvalue weighted by molar-refractivity contribution is 0.308. The summed E-state index contributed by atoms with van der Waals surface area (Å²) in [6, 6.07) is 52.9. The first-order valence-electron chi connectivity index (χ1n) is 16.5. The molecule has 238 valence electrons. The summed E-state index contributed by atoms with van der Waals surface area (Å²) in [4.78, 5) is 15.2. The fourth-order valence-electron chi connectivity index (χ4n) is 6.54. The number of benzene rings is 7. The van der Waals surface area contributed by atoms with E-state index in [1.54, 1.807) is 0 Å². The van der Waals surface area contributed by atoms with E-state index in [0.717, 1.165) is 60.5 Å². The van der Waals surface area contributed by atoms with Gasteiger partial charge in [-0.05, 0) is 45.7 Å². The predicted molar refractivity (Wildman–Crippen MR) is 202 cm³/mol. The molecule has 2 heterocycles. The third-order valence-electron chi connectivity index (χ3n) is 9.00. The van der Waals surface area contributed by atoms with Crippen molar-refractivity contribution in [2.45, 2.75) is 6.61 Å². The molecule has 0 atom stereocenters. The van der Waals surface area contributed by atoms with Crippen molar-refractivity contribution >= 4 is 38.4 Å². The second-order valence-electron chi connectivity index (χ2n) is 12.2. The van der Waals surface area contributed by atoms with Gasteiger partial charge in [0.05, 0.1) is 5.69 Å². The van der Waals surface area contributed by atoms with Gasteiger partial charge in [0.2, 0.25) is 0 Å². The molecule has 0 amide bonds. The Bertz CT molecular complexity index is 2670. The smallest absolute Gasteiger partial charge is 0.164 e. The Morgan fingerprint density at radius 3 is 1.98 bits per heavy atom. The van der Waals surface area contributed by atoms with E-state index in [0.29, 0.717) is 41.1 Å². The Kier molecular flexibility index (Phi) is 7.25. The van der Waals surface area contributed by atoms with Crippen molar-refractivity contribution in [3.63, 3.8) is 0 Å². The van der Waals surface area contributed by atoms with E-state index in [1.165, 1.54) is 0 Å². The first-order chi connectivity index (χ1) is 24.7. The van der Waals surface area contributed by atoms with E-state index in [4.69, 9.17) is 29.8 Å². The minimum atomic E-state index is 0.407. The maximum atomic E-state index is 6.47.